The van der Waals surface area contributed by atoms with E-state index in [0.29, 0.717) is 6.54 Å². The second-order valence-electron chi connectivity index (χ2n) is 5.10. The second kappa shape index (κ2) is 7.52. The van der Waals surface area contributed by atoms with Crippen LogP contribution in [-0.4, -0.2) is 53.7 Å². The Balaban J connectivity index is 2.73. The highest BCUT2D eigenvalue weighted by molar-refractivity contribution is 5.80. The summed E-state index contributed by atoms with van der Waals surface area (Å²) < 4.78 is 5.08. The van der Waals surface area contributed by atoms with Crippen molar-refractivity contribution in [1.29, 1.82) is 0 Å². The molecule has 21 heavy (non-hydrogen) atoms. The summed E-state index contributed by atoms with van der Waals surface area (Å²) in [5.41, 5.74) is 0.950. The molecule has 0 aliphatic heterocycles. The van der Waals surface area contributed by atoms with Gasteiger partial charge in [0.1, 0.15) is 12.3 Å². The summed E-state index contributed by atoms with van der Waals surface area (Å²) >= 11 is 0. The number of nitrogens with zero attached hydrogens (tertiary/aromatic N) is 2. The molecule has 1 N–H and O–H groups in total. The van der Waals surface area contributed by atoms with E-state index in [1.165, 1.54) is 9.80 Å². The number of carboxylic acid groups (broad SMARTS) is 1. The molecule has 0 bridgehead atoms. The fourth-order valence-electron chi connectivity index (χ4n) is 1.91. The van der Waals surface area contributed by atoms with Gasteiger partial charge in [-0.1, -0.05) is 12.1 Å². The van der Waals surface area contributed by atoms with Gasteiger partial charge in [0, 0.05) is 19.6 Å². The molecule has 0 unspecified atom stereocenters. The number of aliphatic carboxylic acids is 1. The monoisotopic (exact) mass is 294 g/mol. The summed E-state index contributed by atoms with van der Waals surface area (Å²) in [7, 11) is 3.25. The van der Waals surface area contributed by atoms with E-state index in [-0.39, 0.29) is 18.6 Å². The molecule has 0 aliphatic carbocycles. The Bertz CT molecular complexity index is 485. The van der Waals surface area contributed by atoms with Crippen LogP contribution in [0.1, 0.15) is 19.4 Å². The molecule has 0 saturated heterocycles. The maximum absolute atomic E-state index is 12.3. The third-order valence-corrected chi connectivity index (χ3v) is 3.08. The average molecular weight is 294 g/mol. The molecule has 0 aliphatic rings. The summed E-state index contributed by atoms with van der Waals surface area (Å²) in [6.07, 6.45) is 0. The van der Waals surface area contributed by atoms with Crippen molar-refractivity contribution < 1.29 is 19.4 Å². The normalized spacial score (nSPS) is 10.3. The quantitative estimate of drug-likeness (QED) is 0.871. The summed E-state index contributed by atoms with van der Waals surface area (Å²) in [5, 5.41) is 8.88. The van der Waals surface area contributed by atoms with Crippen molar-refractivity contribution in [1.82, 2.24) is 9.80 Å². The largest absolute Gasteiger partial charge is 0.497 e. The molecular weight excluding hydrogens is 272 g/mol. The molecule has 0 aromatic heterocycles. The molecule has 116 valence electrons. The predicted molar refractivity (Wildman–Crippen MR) is 79.3 cm³/mol. The number of carbonyl (C=O) groups excluding carboxylic acids is 1. The number of methoxy groups -OCH3 is 1. The fraction of sp³-hybridized carbons (Fsp3) is 0.467. The molecule has 1 aromatic carbocycles. The lowest BCUT2D eigenvalue weighted by atomic mass is 10.2. The van der Waals surface area contributed by atoms with Gasteiger partial charge in [0.05, 0.1) is 7.11 Å². The van der Waals surface area contributed by atoms with Gasteiger partial charge in [-0.3, -0.25) is 4.79 Å². The van der Waals surface area contributed by atoms with Gasteiger partial charge in [-0.2, -0.15) is 0 Å². The Morgan fingerprint density at radius 2 is 1.81 bits per heavy atom. The van der Waals surface area contributed by atoms with Gasteiger partial charge in [-0.25, -0.2) is 4.79 Å². The first-order chi connectivity index (χ1) is 9.85. The lowest BCUT2D eigenvalue weighted by molar-refractivity contribution is -0.138. The van der Waals surface area contributed by atoms with Crippen LogP contribution in [0.15, 0.2) is 24.3 Å². The topological polar surface area (TPSA) is 70.1 Å². The standard InChI is InChI=1S/C15H22N2O4/c1-11(2)17(10-14(18)19)15(20)16(3)9-12-5-7-13(21-4)8-6-12/h5-8,11H,9-10H2,1-4H3,(H,18,19). The van der Waals surface area contributed by atoms with Gasteiger partial charge in [0.15, 0.2) is 0 Å². The number of carboxylic acids is 1. The van der Waals surface area contributed by atoms with E-state index in [1.807, 2.05) is 24.3 Å². The number of amides is 2. The zero-order valence-electron chi connectivity index (χ0n) is 12.9. The third-order valence-electron chi connectivity index (χ3n) is 3.08. The minimum Gasteiger partial charge on any atom is -0.497 e. The molecule has 0 heterocycles. The van der Waals surface area contributed by atoms with Crippen LogP contribution in [0, 0.1) is 0 Å². The highest BCUT2D eigenvalue weighted by Crippen LogP contribution is 2.13. The van der Waals surface area contributed by atoms with Crippen molar-refractivity contribution >= 4 is 12.0 Å². The molecule has 0 radical (unpaired) electrons. The average Bonchev–Trinajstić information content (AvgIpc) is 2.44. The number of carbonyl (C=O) groups is 2. The van der Waals surface area contributed by atoms with Crippen molar-refractivity contribution in [2.75, 3.05) is 20.7 Å². The number of benzene rings is 1. The van der Waals surface area contributed by atoms with Gasteiger partial charge < -0.3 is 19.6 Å². The maximum atomic E-state index is 12.3. The molecule has 6 nitrogen and oxygen atoms in total. The summed E-state index contributed by atoms with van der Waals surface area (Å²) in [6.45, 7) is 3.69. The summed E-state index contributed by atoms with van der Waals surface area (Å²) in [5.74, 6) is -0.266. The summed E-state index contributed by atoms with van der Waals surface area (Å²) in [4.78, 5) is 26.0. The smallest absolute Gasteiger partial charge is 0.323 e. The van der Waals surface area contributed by atoms with Crippen LogP contribution in [0.3, 0.4) is 0 Å². The number of urea groups is 1. The Kier molecular flexibility index (Phi) is 6.02. The van der Waals surface area contributed by atoms with E-state index in [1.54, 1.807) is 28.0 Å². The van der Waals surface area contributed by atoms with Crippen molar-refractivity contribution in [3.63, 3.8) is 0 Å². The van der Waals surface area contributed by atoms with Crippen molar-refractivity contribution in [3.05, 3.63) is 29.8 Å². The lowest BCUT2D eigenvalue weighted by Crippen LogP contribution is -2.46. The first kappa shape index (κ1) is 16.8. The van der Waals surface area contributed by atoms with Crippen LogP contribution >= 0.6 is 0 Å². The van der Waals surface area contributed by atoms with Gasteiger partial charge in [-0.15, -0.1) is 0 Å². The SMILES string of the molecule is COc1ccc(CN(C)C(=O)N(CC(=O)O)C(C)C)cc1. The molecule has 1 aromatic rings. The molecule has 1 rings (SSSR count). The lowest BCUT2D eigenvalue weighted by Gasteiger charge is -2.30. The molecule has 0 spiro atoms. The minimum absolute atomic E-state index is 0.174. The molecule has 6 heteroatoms. The van der Waals surface area contributed by atoms with Crippen molar-refractivity contribution in [3.8, 4) is 5.75 Å². The van der Waals surface area contributed by atoms with E-state index >= 15 is 0 Å². The van der Waals surface area contributed by atoms with Crippen LogP contribution < -0.4 is 4.74 Å². The Morgan fingerprint density at radius 1 is 1.24 bits per heavy atom. The molecular formula is C15H22N2O4. The third kappa shape index (κ3) is 4.98. The van der Waals surface area contributed by atoms with E-state index in [9.17, 15) is 9.59 Å². The molecule has 0 saturated carbocycles. The van der Waals surface area contributed by atoms with Crippen LogP contribution in [0.25, 0.3) is 0 Å². The highest BCUT2D eigenvalue weighted by atomic mass is 16.5. The van der Waals surface area contributed by atoms with Gasteiger partial charge >= 0.3 is 12.0 Å². The first-order valence-electron chi connectivity index (χ1n) is 6.71. The Hall–Kier alpha value is -2.24. The zero-order valence-corrected chi connectivity index (χ0v) is 12.9. The molecule has 0 fully saturated rings. The van der Waals surface area contributed by atoms with Crippen molar-refractivity contribution in [2.45, 2.75) is 26.4 Å². The Morgan fingerprint density at radius 3 is 2.24 bits per heavy atom. The maximum Gasteiger partial charge on any atom is 0.323 e. The van der Waals surface area contributed by atoms with Crippen molar-refractivity contribution in [2.24, 2.45) is 0 Å². The fourth-order valence-corrected chi connectivity index (χ4v) is 1.91. The number of ether oxygens (including phenoxy) is 1. The number of hydrogen-bond donors (Lipinski definition) is 1. The first-order valence-corrected chi connectivity index (χ1v) is 6.71. The van der Waals surface area contributed by atoms with Crippen LogP contribution in [0.5, 0.6) is 5.75 Å². The van der Waals surface area contributed by atoms with Gasteiger partial charge in [0.25, 0.3) is 0 Å². The number of rotatable bonds is 6. The summed E-state index contributed by atoms with van der Waals surface area (Å²) in [6, 6.07) is 6.92. The Labute approximate surface area is 124 Å². The molecule has 2 amide bonds. The van der Waals surface area contributed by atoms with Crippen LogP contribution in [-0.2, 0) is 11.3 Å². The van der Waals surface area contributed by atoms with E-state index in [2.05, 4.69) is 0 Å². The minimum atomic E-state index is -1.02. The van der Waals surface area contributed by atoms with Crippen LogP contribution in [0.2, 0.25) is 0 Å². The van der Waals surface area contributed by atoms with E-state index < -0.39 is 5.97 Å². The van der Waals surface area contributed by atoms with E-state index in [4.69, 9.17) is 9.84 Å². The van der Waals surface area contributed by atoms with Gasteiger partial charge in [-0.05, 0) is 31.5 Å². The highest BCUT2D eigenvalue weighted by Gasteiger charge is 2.23. The molecule has 0 atom stereocenters. The zero-order chi connectivity index (χ0) is 16.0. The number of hydrogen-bond acceptors (Lipinski definition) is 3. The van der Waals surface area contributed by atoms with Crippen LogP contribution in [0.4, 0.5) is 4.79 Å². The van der Waals surface area contributed by atoms with E-state index in [0.717, 1.165) is 11.3 Å². The predicted octanol–water partition coefficient (Wildman–Crippen LogP) is 2.04. The second-order valence-corrected chi connectivity index (χ2v) is 5.10. The van der Waals surface area contributed by atoms with Gasteiger partial charge in [0.2, 0.25) is 0 Å².